The van der Waals surface area contributed by atoms with E-state index < -0.39 is 5.97 Å². The second kappa shape index (κ2) is 5.16. The van der Waals surface area contributed by atoms with Crippen molar-refractivity contribution in [2.24, 2.45) is 30.9 Å². The van der Waals surface area contributed by atoms with Gasteiger partial charge in [-0.25, -0.2) is 4.79 Å². The molecule has 2 aliphatic rings. The molecule has 2 aliphatic heterocycles. The molecule has 0 saturated heterocycles. The van der Waals surface area contributed by atoms with Gasteiger partial charge in [0.05, 0.1) is 0 Å². The van der Waals surface area contributed by atoms with E-state index in [9.17, 15) is 4.79 Å². The van der Waals surface area contributed by atoms with Crippen LogP contribution in [-0.4, -0.2) is 5.97 Å². The van der Waals surface area contributed by atoms with Crippen molar-refractivity contribution in [2.75, 3.05) is 0 Å². The summed E-state index contributed by atoms with van der Waals surface area (Å²) >= 11 is 0. The van der Waals surface area contributed by atoms with Crippen LogP contribution in [0.2, 0.25) is 0 Å². The number of hydrogen-bond donors (Lipinski definition) is 0. The number of carbonyl (C=O) groups is 1. The topological polar surface area (TPSA) is 100 Å². The molecule has 0 atom stereocenters. The maximum absolute atomic E-state index is 12.5. The Kier molecular flexibility index (Phi) is 3.00. The summed E-state index contributed by atoms with van der Waals surface area (Å²) in [6.45, 7) is 1.97. The van der Waals surface area contributed by atoms with Gasteiger partial charge in [-0.1, -0.05) is 30.3 Å². The van der Waals surface area contributed by atoms with Crippen LogP contribution < -0.4 is 10.7 Å². The zero-order chi connectivity index (χ0) is 15.8. The van der Waals surface area contributed by atoms with Crippen molar-refractivity contribution in [1.82, 2.24) is 0 Å². The van der Waals surface area contributed by atoms with E-state index in [2.05, 4.69) is 30.9 Å². The lowest BCUT2D eigenvalue weighted by Crippen LogP contribution is -2.23. The Hall–Kier alpha value is -3.29. The summed E-state index contributed by atoms with van der Waals surface area (Å²) in [5, 5.41) is 23.9. The van der Waals surface area contributed by atoms with E-state index in [0.717, 1.165) is 11.1 Å². The van der Waals surface area contributed by atoms with Gasteiger partial charge in [-0.2, -0.15) is 0 Å². The van der Waals surface area contributed by atoms with E-state index in [4.69, 9.17) is 4.74 Å². The minimum absolute atomic E-state index is 0.152. The van der Waals surface area contributed by atoms with Crippen molar-refractivity contribution in [2.45, 2.75) is 13.5 Å². The third kappa shape index (κ3) is 2.11. The molecule has 0 bridgehead atoms. The quantitative estimate of drug-likeness (QED) is 0.814. The smallest absolute Gasteiger partial charge is 0.343 e. The molecule has 2 aromatic rings. The summed E-state index contributed by atoms with van der Waals surface area (Å²) in [6.07, 6.45) is 0. The van der Waals surface area contributed by atoms with Crippen LogP contribution in [0.4, 0.5) is 11.4 Å². The Morgan fingerprint density at radius 3 is 2.48 bits per heavy atom. The molecule has 0 N–H and O–H groups in total. The molecule has 0 radical (unpaired) electrons. The second-order valence-electron chi connectivity index (χ2n) is 5.04. The van der Waals surface area contributed by atoms with E-state index in [1.165, 1.54) is 0 Å². The van der Waals surface area contributed by atoms with E-state index >= 15 is 0 Å². The van der Waals surface area contributed by atoms with Gasteiger partial charge in [-0.15, -0.1) is 20.4 Å². The summed E-state index contributed by atoms with van der Waals surface area (Å²) in [4.78, 5) is 12.5. The predicted octanol–water partition coefficient (Wildman–Crippen LogP) is 2.62. The number of rotatable bonds is 3. The van der Waals surface area contributed by atoms with Gasteiger partial charge in [0.2, 0.25) is 0 Å². The van der Waals surface area contributed by atoms with Gasteiger partial charge in [0.15, 0.2) is 0 Å². The molecule has 4 rings (SSSR count). The molecule has 0 aliphatic carbocycles. The molecule has 23 heavy (non-hydrogen) atoms. The van der Waals surface area contributed by atoms with Crippen LogP contribution in [0.5, 0.6) is 0 Å². The SMILES string of the molecule is Cc1c2c(c(C(=O)OCc3ccccc3)c3c1=NN=N3)=NN=N2. The van der Waals surface area contributed by atoms with Crippen LogP contribution in [-0.2, 0) is 11.3 Å². The normalized spacial score (nSPS) is 13.3. The molecule has 0 fully saturated rings. The number of benzene rings is 2. The van der Waals surface area contributed by atoms with Crippen molar-refractivity contribution in [3.63, 3.8) is 0 Å². The van der Waals surface area contributed by atoms with Crippen LogP contribution in [0.15, 0.2) is 61.2 Å². The second-order valence-corrected chi connectivity index (χ2v) is 5.04. The zero-order valence-corrected chi connectivity index (χ0v) is 12.1. The summed E-state index contributed by atoms with van der Waals surface area (Å²) in [7, 11) is 0. The lowest BCUT2D eigenvalue weighted by atomic mass is 10.1. The predicted molar refractivity (Wildman–Crippen MR) is 78.1 cm³/mol. The van der Waals surface area contributed by atoms with Crippen molar-refractivity contribution in [1.29, 1.82) is 0 Å². The highest BCUT2D eigenvalue weighted by molar-refractivity contribution is 5.96. The Balaban J connectivity index is 1.75. The average molecular weight is 306 g/mol. The van der Waals surface area contributed by atoms with E-state index in [1.54, 1.807) is 0 Å². The molecule has 112 valence electrons. The highest BCUT2D eigenvalue weighted by atomic mass is 16.5. The maximum Gasteiger partial charge on any atom is 0.343 e. The Labute approximate surface area is 129 Å². The van der Waals surface area contributed by atoms with Crippen LogP contribution in [0.1, 0.15) is 21.5 Å². The molecule has 0 aromatic heterocycles. The number of hydrogen-bond acceptors (Lipinski definition) is 8. The number of fused-ring (bicyclic) bond motifs is 2. The van der Waals surface area contributed by atoms with Gasteiger partial charge in [-0.05, 0) is 22.9 Å². The molecule has 0 unspecified atom stereocenters. The lowest BCUT2D eigenvalue weighted by molar-refractivity contribution is 0.0472. The fourth-order valence-electron chi connectivity index (χ4n) is 2.47. The molecular weight excluding hydrogens is 296 g/mol. The number of nitrogens with zero attached hydrogens (tertiary/aromatic N) is 6. The molecule has 0 saturated carbocycles. The Bertz CT molecular complexity index is 995. The average Bonchev–Trinajstić information content (AvgIpc) is 3.24. The summed E-state index contributed by atoms with van der Waals surface area (Å²) in [6, 6.07) is 9.41. The van der Waals surface area contributed by atoms with Gasteiger partial charge >= 0.3 is 5.97 Å². The summed E-state index contributed by atoms with van der Waals surface area (Å²) < 4.78 is 5.38. The third-order valence-corrected chi connectivity index (χ3v) is 3.63. The van der Waals surface area contributed by atoms with Gasteiger partial charge in [0.1, 0.15) is 34.3 Å². The van der Waals surface area contributed by atoms with Crippen molar-refractivity contribution in [3.05, 3.63) is 57.7 Å². The van der Waals surface area contributed by atoms with Crippen molar-refractivity contribution < 1.29 is 9.53 Å². The summed E-state index contributed by atoms with van der Waals surface area (Å²) in [5.74, 6) is -0.548. The van der Waals surface area contributed by atoms with Crippen LogP contribution in [0.25, 0.3) is 0 Å². The van der Waals surface area contributed by atoms with Crippen molar-refractivity contribution >= 4 is 17.3 Å². The molecule has 2 heterocycles. The molecular formula is C15H10N6O2. The van der Waals surface area contributed by atoms with Gasteiger partial charge in [0.25, 0.3) is 0 Å². The van der Waals surface area contributed by atoms with Crippen molar-refractivity contribution in [3.8, 4) is 0 Å². The monoisotopic (exact) mass is 306 g/mol. The molecule has 8 heteroatoms. The van der Waals surface area contributed by atoms with Crippen LogP contribution in [0, 0.1) is 6.92 Å². The fraction of sp³-hybridized carbons (Fsp3) is 0.133. The first kappa shape index (κ1) is 13.4. The van der Waals surface area contributed by atoms with Crippen LogP contribution >= 0.6 is 0 Å². The number of esters is 1. The largest absolute Gasteiger partial charge is 0.457 e. The first-order valence-corrected chi connectivity index (χ1v) is 6.91. The van der Waals surface area contributed by atoms with Gasteiger partial charge in [-0.3, -0.25) is 0 Å². The van der Waals surface area contributed by atoms with Crippen LogP contribution in [0.3, 0.4) is 0 Å². The number of ether oxygens (including phenoxy) is 1. The zero-order valence-electron chi connectivity index (χ0n) is 12.1. The minimum Gasteiger partial charge on any atom is -0.457 e. The summed E-state index contributed by atoms with van der Waals surface area (Å²) in [5.41, 5.74) is 2.69. The molecule has 2 aromatic carbocycles. The fourth-order valence-corrected chi connectivity index (χ4v) is 2.47. The first-order chi connectivity index (χ1) is 11.3. The minimum atomic E-state index is -0.548. The highest BCUT2D eigenvalue weighted by Crippen LogP contribution is 2.25. The lowest BCUT2D eigenvalue weighted by Gasteiger charge is -2.07. The molecule has 0 amide bonds. The first-order valence-electron chi connectivity index (χ1n) is 6.91. The van der Waals surface area contributed by atoms with Gasteiger partial charge in [0, 0.05) is 5.56 Å². The Morgan fingerprint density at radius 2 is 1.70 bits per heavy atom. The maximum atomic E-state index is 12.5. The Morgan fingerprint density at radius 1 is 1.00 bits per heavy atom. The van der Waals surface area contributed by atoms with E-state index in [1.807, 2.05) is 37.3 Å². The number of carbonyl (C=O) groups excluding carboxylic acids is 1. The highest BCUT2D eigenvalue weighted by Gasteiger charge is 2.27. The van der Waals surface area contributed by atoms with Gasteiger partial charge < -0.3 is 4.74 Å². The molecule has 8 nitrogen and oxygen atoms in total. The van der Waals surface area contributed by atoms with E-state index in [0.29, 0.717) is 22.1 Å². The third-order valence-electron chi connectivity index (χ3n) is 3.63. The van der Waals surface area contributed by atoms with E-state index in [-0.39, 0.29) is 12.2 Å². The molecule has 0 spiro atoms. The standard InChI is InChI=1S/C15H10N6O2/c1-8-11-13(18-20-16-11)10(14-12(8)17-21-19-14)15(22)23-7-9-5-3-2-4-6-9/h2-6H,7H2,1H3.